The van der Waals surface area contributed by atoms with Gasteiger partial charge < -0.3 is 8.83 Å². The van der Waals surface area contributed by atoms with Crippen LogP contribution >= 0.6 is 23.1 Å². The molecule has 31 heavy (non-hydrogen) atoms. The summed E-state index contributed by atoms with van der Waals surface area (Å²) >= 11 is 2.87. The molecule has 0 saturated heterocycles. The summed E-state index contributed by atoms with van der Waals surface area (Å²) in [5.41, 5.74) is 0.971. The molecule has 1 aromatic carbocycles. The van der Waals surface area contributed by atoms with E-state index in [1.165, 1.54) is 23.1 Å². The first-order chi connectivity index (χ1) is 15.2. The lowest BCUT2D eigenvalue weighted by atomic mass is 10.2. The van der Waals surface area contributed by atoms with Crippen molar-refractivity contribution < 1.29 is 8.83 Å². The molecule has 0 atom stereocenters. The standard InChI is InChI=1S/C22H16N4O3S2/c1-2-10-26-21(27)15-12-17(14-7-4-3-5-8-14)31-20(15)23-22(26)30-13-18-24-25-19(29-18)16-9-6-11-28-16/h2-9,11-12H,1,10,13H2. The second-order valence-corrected chi connectivity index (χ2v) is 8.53. The zero-order valence-electron chi connectivity index (χ0n) is 16.2. The number of thiophene rings is 1. The molecule has 5 aromatic rings. The molecule has 4 heterocycles. The number of allylic oxidation sites excluding steroid dienone is 1. The minimum Gasteiger partial charge on any atom is -0.459 e. The number of thioether (sulfide) groups is 1. The van der Waals surface area contributed by atoms with E-state index in [9.17, 15) is 4.79 Å². The Bertz CT molecular complexity index is 1400. The zero-order valence-corrected chi connectivity index (χ0v) is 17.9. The van der Waals surface area contributed by atoms with E-state index in [1.54, 1.807) is 29.0 Å². The maximum atomic E-state index is 13.2. The number of hydrogen-bond acceptors (Lipinski definition) is 8. The van der Waals surface area contributed by atoms with Crippen molar-refractivity contribution in [2.75, 3.05) is 0 Å². The highest BCUT2D eigenvalue weighted by Crippen LogP contribution is 2.32. The Labute approximate surface area is 185 Å². The fraction of sp³-hybridized carbons (Fsp3) is 0.0909. The van der Waals surface area contributed by atoms with Crippen molar-refractivity contribution in [3.63, 3.8) is 0 Å². The van der Waals surface area contributed by atoms with Crippen LogP contribution in [0.25, 0.3) is 32.3 Å². The smallest absolute Gasteiger partial charge is 0.283 e. The van der Waals surface area contributed by atoms with Crippen molar-refractivity contribution in [1.82, 2.24) is 19.7 Å². The van der Waals surface area contributed by atoms with Gasteiger partial charge in [0.25, 0.3) is 11.4 Å². The lowest BCUT2D eigenvalue weighted by Gasteiger charge is -2.08. The van der Waals surface area contributed by atoms with E-state index < -0.39 is 0 Å². The highest BCUT2D eigenvalue weighted by Gasteiger charge is 2.17. The average molecular weight is 449 g/mol. The first-order valence-electron chi connectivity index (χ1n) is 9.42. The van der Waals surface area contributed by atoms with Crippen molar-refractivity contribution in [2.45, 2.75) is 17.5 Å². The first kappa shape index (κ1) is 19.5. The minimum absolute atomic E-state index is 0.0902. The molecule has 154 valence electrons. The number of rotatable bonds is 7. The molecule has 4 aromatic heterocycles. The Balaban J connectivity index is 1.48. The molecular weight excluding hydrogens is 432 g/mol. The summed E-state index contributed by atoms with van der Waals surface area (Å²) < 4.78 is 12.6. The summed E-state index contributed by atoms with van der Waals surface area (Å²) in [6, 6.07) is 15.4. The fourth-order valence-electron chi connectivity index (χ4n) is 3.08. The van der Waals surface area contributed by atoms with Gasteiger partial charge in [0.2, 0.25) is 5.89 Å². The van der Waals surface area contributed by atoms with Crippen molar-refractivity contribution >= 4 is 33.3 Å². The molecule has 0 spiro atoms. The number of furan rings is 1. The molecule has 0 fully saturated rings. The van der Waals surface area contributed by atoms with Crippen molar-refractivity contribution in [2.24, 2.45) is 0 Å². The molecule has 5 rings (SSSR count). The van der Waals surface area contributed by atoms with Crippen LogP contribution in [0, 0.1) is 0 Å². The lowest BCUT2D eigenvalue weighted by Crippen LogP contribution is -2.22. The van der Waals surface area contributed by atoms with E-state index in [0.717, 1.165) is 10.4 Å². The van der Waals surface area contributed by atoms with Crippen molar-refractivity contribution in [3.05, 3.63) is 83.7 Å². The molecule has 7 nitrogen and oxygen atoms in total. The Hall–Kier alpha value is -3.43. The number of nitrogens with zero attached hydrogens (tertiary/aromatic N) is 4. The Morgan fingerprint density at radius 1 is 1.16 bits per heavy atom. The maximum Gasteiger partial charge on any atom is 0.283 e. The number of fused-ring (bicyclic) bond motifs is 1. The molecule has 9 heteroatoms. The van der Waals surface area contributed by atoms with Crippen LogP contribution in [0.3, 0.4) is 0 Å². The van der Waals surface area contributed by atoms with E-state index in [-0.39, 0.29) is 5.56 Å². The quantitative estimate of drug-likeness (QED) is 0.191. The van der Waals surface area contributed by atoms with E-state index in [0.29, 0.717) is 45.2 Å². The van der Waals surface area contributed by atoms with Crippen LogP contribution in [-0.2, 0) is 12.3 Å². The zero-order chi connectivity index (χ0) is 21.2. The molecule has 0 unspecified atom stereocenters. The van der Waals surface area contributed by atoms with Crippen molar-refractivity contribution in [3.8, 4) is 22.1 Å². The topological polar surface area (TPSA) is 86.9 Å². The predicted octanol–water partition coefficient (Wildman–Crippen LogP) is 5.25. The largest absolute Gasteiger partial charge is 0.459 e. The van der Waals surface area contributed by atoms with Gasteiger partial charge in [0.15, 0.2) is 10.9 Å². The van der Waals surface area contributed by atoms with Gasteiger partial charge in [0, 0.05) is 11.4 Å². The molecule has 0 aliphatic carbocycles. The Kier molecular flexibility index (Phi) is 5.27. The molecule has 0 radical (unpaired) electrons. The molecule has 0 bridgehead atoms. The van der Waals surface area contributed by atoms with E-state index in [2.05, 4.69) is 16.8 Å². The average Bonchev–Trinajstić information content (AvgIpc) is 3.55. The van der Waals surface area contributed by atoms with Gasteiger partial charge in [-0.2, -0.15) is 0 Å². The predicted molar refractivity (Wildman–Crippen MR) is 121 cm³/mol. The fourth-order valence-corrected chi connectivity index (χ4v) is 5.00. The van der Waals surface area contributed by atoms with Crippen molar-refractivity contribution in [1.29, 1.82) is 0 Å². The van der Waals surface area contributed by atoms with E-state index >= 15 is 0 Å². The van der Waals surface area contributed by atoms with Crippen LogP contribution < -0.4 is 5.56 Å². The first-order valence-corrected chi connectivity index (χ1v) is 11.2. The van der Waals surface area contributed by atoms with Gasteiger partial charge in [0.05, 0.1) is 17.4 Å². The highest BCUT2D eigenvalue weighted by molar-refractivity contribution is 7.98. The normalized spacial score (nSPS) is 11.2. The van der Waals surface area contributed by atoms with Crippen LogP contribution in [0.1, 0.15) is 5.89 Å². The second-order valence-electron chi connectivity index (χ2n) is 6.56. The number of benzene rings is 1. The third-order valence-corrected chi connectivity index (χ3v) is 6.55. The summed E-state index contributed by atoms with van der Waals surface area (Å²) in [5, 5.41) is 9.25. The molecule has 0 aliphatic rings. The van der Waals surface area contributed by atoms with Gasteiger partial charge in [-0.1, -0.05) is 48.2 Å². The maximum absolute atomic E-state index is 13.2. The molecule has 0 N–H and O–H groups in total. The third kappa shape index (κ3) is 3.85. The van der Waals surface area contributed by atoms with Gasteiger partial charge >= 0.3 is 0 Å². The van der Waals surface area contributed by atoms with Crippen LogP contribution in [-0.4, -0.2) is 19.7 Å². The van der Waals surface area contributed by atoms with Gasteiger partial charge in [-0.15, -0.1) is 28.1 Å². The Morgan fingerprint density at radius 2 is 2.03 bits per heavy atom. The third-order valence-electron chi connectivity index (χ3n) is 4.51. The molecule has 0 amide bonds. The monoisotopic (exact) mass is 448 g/mol. The van der Waals surface area contributed by atoms with Crippen LogP contribution in [0.5, 0.6) is 0 Å². The highest BCUT2D eigenvalue weighted by atomic mass is 32.2. The summed E-state index contributed by atoms with van der Waals surface area (Å²) in [5.74, 6) is 1.63. The molecular formula is C22H16N4O3S2. The molecule has 0 aliphatic heterocycles. The van der Waals surface area contributed by atoms with Gasteiger partial charge in [-0.3, -0.25) is 9.36 Å². The van der Waals surface area contributed by atoms with Gasteiger partial charge in [-0.25, -0.2) is 4.98 Å². The number of aromatic nitrogens is 4. The number of hydrogen-bond donors (Lipinski definition) is 0. The van der Waals surface area contributed by atoms with Crippen LogP contribution in [0.4, 0.5) is 0 Å². The lowest BCUT2D eigenvalue weighted by molar-refractivity contribution is 0.494. The van der Waals surface area contributed by atoms with Crippen LogP contribution in [0.2, 0.25) is 0 Å². The van der Waals surface area contributed by atoms with Gasteiger partial charge in [0.1, 0.15) is 4.83 Å². The van der Waals surface area contributed by atoms with E-state index in [4.69, 9.17) is 13.8 Å². The second kappa shape index (κ2) is 8.37. The minimum atomic E-state index is -0.0902. The van der Waals surface area contributed by atoms with Gasteiger partial charge in [-0.05, 0) is 23.8 Å². The molecule has 0 saturated carbocycles. The van der Waals surface area contributed by atoms with E-state index in [1.807, 2.05) is 36.4 Å². The summed E-state index contributed by atoms with van der Waals surface area (Å²) in [4.78, 5) is 19.6. The summed E-state index contributed by atoms with van der Waals surface area (Å²) in [7, 11) is 0. The Morgan fingerprint density at radius 3 is 2.81 bits per heavy atom. The SMILES string of the molecule is C=CCn1c(SCc2nnc(-c3ccco3)o2)nc2sc(-c3ccccc3)cc2c1=O. The summed E-state index contributed by atoms with van der Waals surface area (Å²) in [6.45, 7) is 4.14. The summed E-state index contributed by atoms with van der Waals surface area (Å²) in [6.07, 6.45) is 3.23. The van der Waals surface area contributed by atoms with Crippen LogP contribution in [0.15, 0.2) is 86.2 Å².